The third-order valence-corrected chi connectivity index (χ3v) is 4.70. The van der Waals surface area contributed by atoms with Gasteiger partial charge in [0, 0.05) is 5.56 Å². The Labute approximate surface area is 142 Å². The Kier molecular flexibility index (Phi) is 9.13. The first-order valence-electron chi connectivity index (χ1n) is 9.47. The number of benzene rings is 1. The van der Waals surface area contributed by atoms with Gasteiger partial charge in [-0.2, -0.15) is 0 Å². The summed E-state index contributed by atoms with van der Waals surface area (Å²) in [5.41, 5.74) is 1.77. The largest absolute Gasteiger partial charge is 0.508 e. The summed E-state index contributed by atoms with van der Waals surface area (Å²) in [6.45, 7) is 8.99. The van der Waals surface area contributed by atoms with Crippen LogP contribution in [0.3, 0.4) is 0 Å². The molecular formula is C21H36O2. The number of hydrogen-bond donors (Lipinski definition) is 2. The van der Waals surface area contributed by atoms with E-state index in [0.717, 1.165) is 42.7 Å². The molecule has 0 radical (unpaired) electrons. The summed E-state index contributed by atoms with van der Waals surface area (Å²) in [6.07, 6.45) is 9.99. The molecule has 0 aliphatic heterocycles. The van der Waals surface area contributed by atoms with Crippen molar-refractivity contribution >= 4 is 0 Å². The molecule has 2 heteroatoms. The van der Waals surface area contributed by atoms with E-state index in [2.05, 4.69) is 27.7 Å². The Morgan fingerprint density at radius 1 is 0.826 bits per heavy atom. The molecule has 0 bridgehead atoms. The molecule has 2 N–H and O–H groups in total. The maximum atomic E-state index is 10.2. The van der Waals surface area contributed by atoms with E-state index < -0.39 is 0 Å². The smallest absolute Gasteiger partial charge is 0.122 e. The monoisotopic (exact) mass is 320 g/mol. The zero-order chi connectivity index (χ0) is 17.2. The zero-order valence-electron chi connectivity index (χ0n) is 15.6. The van der Waals surface area contributed by atoms with Crippen molar-refractivity contribution in [1.29, 1.82) is 0 Å². The Morgan fingerprint density at radius 3 is 2.04 bits per heavy atom. The summed E-state index contributed by atoms with van der Waals surface area (Å²) in [5.74, 6) is 1.95. The maximum absolute atomic E-state index is 10.2. The van der Waals surface area contributed by atoms with Crippen LogP contribution < -0.4 is 0 Å². The normalized spacial score (nSPS) is 12.7. The lowest BCUT2D eigenvalue weighted by atomic mass is 9.93. The van der Waals surface area contributed by atoms with Crippen LogP contribution in [-0.4, -0.2) is 10.2 Å². The third kappa shape index (κ3) is 7.76. The predicted octanol–water partition coefficient (Wildman–Crippen LogP) is 6.23. The van der Waals surface area contributed by atoms with Gasteiger partial charge in [-0.1, -0.05) is 59.8 Å². The zero-order valence-corrected chi connectivity index (χ0v) is 15.6. The number of phenols is 2. The van der Waals surface area contributed by atoms with Gasteiger partial charge in [0.2, 0.25) is 0 Å². The minimum Gasteiger partial charge on any atom is -0.508 e. The molecule has 23 heavy (non-hydrogen) atoms. The van der Waals surface area contributed by atoms with Gasteiger partial charge < -0.3 is 10.2 Å². The molecule has 0 saturated heterocycles. The molecule has 1 unspecified atom stereocenters. The van der Waals surface area contributed by atoms with Gasteiger partial charge in [0.1, 0.15) is 11.5 Å². The number of aryl methyl sites for hydroxylation is 1. The van der Waals surface area contributed by atoms with Crippen LogP contribution in [0.4, 0.5) is 0 Å². The van der Waals surface area contributed by atoms with Crippen LogP contribution in [0.5, 0.6) is 11.5 Å². The number of phenolic OH excluding ortho intramolecular Hbond substituents is 2. The van der Waals surface area contributed by atoms with Crippen molar-refractivity contribution in [1.82, 2.24) is 0 Å². The summed E-state index contributed by atoms with van der Waals surface area (Å²) >= 11 is 0. The van der Waals surface area contributed by atoms with Crippen LogP contribution in [0.15, 0.2) is 12.1 Å². The first-order valence-corrected chi connectivity index (χ1v) is 9.47. The van der Waals surface area contributed by atoms with Crippen molar-refractivity contribution in [2.24, 2.45) is 11.8 Å². The van der Waals surface area contributed by atoms with Crippen molar-refractivity contribution in [3.05, 3.63) is 23.3 Å². The topological polar surface area (TPSA) is 40.5 Å². The van der Waals surface area contributed by atoms with Gasteiger partial charge in [-0.15, -0.1) is 0 Å². The molecule has 1 aromatic carbocycles. The number of rotatable bonds is 11. The molecule has 0 aromatic heterocycles. The predicted molar refractivity (Wildman–Crippen MR) is 99.2 cm³/mol. The van der Waals surface area contributed by atoms with Gasteiger partial charge in [-0.05, 0) is 55.2 Å². The first kappa shape index (κ1) is 19.9. The molecule has 0 heterocycles. The highest BCUT2D eigenvalue weighted by atomic mass is 16.3. The van der Waals surface area contributed by atoms with E-state index in [4.69, 9.17) is 0 Å². The first-order chi connectivity index (χ1) is 10.9. The summed E-state index contributed by atoms with van der Waals surface area (Å²) in [5, 5.41) is 20.5. The van der Waals surface area contributed by atoms with E-state index in [0.29, 0.717) is 5.92 Å². The van der Waals surface area contributed by atoms with Crippen molar-refractivity contribution in [2.75, 3.05) is 0 Å². The molecule has 0 fully saturated rings. The molecule has 2 nitrogen and oxygen atoms in total. The number of aromatic hydroxyl groups is 2. The van der Waals surface area contributed by atoms with E-state index >= 15 is 0 Å². The maximum Gasteiger partial charge on any atom is 0.122 e. The second-order valence-corrected chi connectivity index (χ2v) is 7.54. The van der Waals surface area contributed by atoms with Crippen LogP contribution in [0.2, 0.25) is 0 Å². The fourth-order valence-corrected chi connectivity index (χ4v) is 3.09. The van der Waals surface area contributed by atoms with Crippen molar-refractivity contribution in [3.8, 4) is 11.5 Å². The van der Waals surface area contributed by atoms with Crippen LogP contribution in [0.25, 0.3) is 0 Å². The molecule has 0 spiro atoms. The lowest BCUT2D eigenvalue weighted by molar-refractivity contribution is 0.413. The Bertz CT molecular complexity index is 428. The van der Waals surface area contributed by atoms with E-state index in [-0.39, 0.29) is 11.5 Å². The van der Waals surface area contributed by atoms with Gasteiger partial charge in [0.25, 0.3) is 0 Å². The Balaban J connectivity index is 2.50. The van der Waals surface area contributed by atoms with Crippen molar-refractivity contribution in [2.45, 2.75) is 85.5 Å². The highest BCUT2D eigenvalue weighted by molar-refractivity contribution is 5.46. The number of hydrogen-bond acceptors (Lipinski definition) is 2. The van der Waals surface area contributed by atoms with Crippen molar-refractivity contribution in [3.63, 3.8) is 0 Å². The quantitative estimate of drug-likeness (QED) is 0.475. The standard InChI is InChI=1S/C21H36O2/c1-5-6-7-11-18-14-20(22)19(21(23)15-18)13-12-17(4)10-8-9-16(2)3/h14-17,22-23H,5-13H2,1-4H3. The van der Waals surface area contributed by atoms with Crippen LogP contribution in [0, 0.1) is 11.8 Å². The molecule has 0 saturated carbocycles. The summed E-state index contributed by atoms with van der Waals surface area (Å²) in [6, 6.07) is 3.68. The lowest BCUT2D eigenvalue weighted by Crippen LogP contribution is -2.00. The molecule has 0 aliphatic rings. The lowest BCUT2D eigenvalue weighted by Gasteiger charge is -2.14. The molecular weight excluding hydrogens is 284 g/mol. The molecule has 132 valence electrons. The molecule has 0 aliphatic carbocycles. The SMILES string of the molecule is CCCCCc1cc(O)c(CCC(C)CCCC(C)C)c(O)c1. The van der Waals surface area contributed by atoms with Gasteiger partial charge in [0.05, 0.1) is 0 Å². The van der Waals surface area contributed by atoms with E-state index in [1.54, 1.807) is 0 Å². The van der Waals surface area contributed by atoms with Crippen LogP contribution >= 0.6 is 0 Å². The third-order valence-electron chi connectivity index (χ3n) is 4.70. The van der Waals surface area contributed by atoms with Crippen molar-refractivity contribution < 1.29 is 10.2 Å². The van der Waals surface area contributed by atoms with E-state index in [9.17, 15) is 10.2 Å². The van der Waals surface area contributed by atoms with Gasteiger partial charge in [0.15, 0.2) is 0 Å². The van der Waals surface area contributed by atoms with Crippen LogP contribution in [0.1, 0.15) is 83.8 Å². The summed E-state index contributed by atoms with van der Waals surface area (Å²) in [7, 11) is 0. The fourth-order valence-electron chi connectivity index (χ4n) is 3.09. The average molecular weight is 321 g/mol. The highest BCUT2D eigenvalue weighted by Gasteiger charge is 2.12. The van der Waals surface area contributed by atoms with E-state index in [1.807, 2.05) is 12.1 Å². The number of unbranched alkanes of at least 4 members (excludes halogenated alkanes) is 2. The van der Waals surface area contributed by atoms with Gasteiger partial charge in [-0.25, -0.2) is 0 Å². The van der Waals surface area contributed by atoms with Gasteiger partial charge in [-0.3, -0.25) is 0 Å². The molecule has 1 aromatic rings. The summed E-state index contributed by atoms with van der Waals surface area (Å²) < 4.78 is 0. The Morgan fingerprint density at radius 2 is 1.48 bits per heavy atom. The second-order valence-electron chi connectivity index (χ2n) is 7.54. The second kappa shape index (κ2) is 10.6. The Hall–Kier alpha value is -1.18. The molecule has 0 amide bonds. The fraction of sp³-hybridized carbons (Fsp3) is 0.714. The van der Waals surface area contributed by atoms with E-state index in [1.165, 1.54) is 32.1 Å². The minimum absolute atomic E-state index is 0.269. The molecule has 1 rings (SSSR count). The highest BCUT2D eigenvalue weighted by Crippen LogP contribution is 2.32. The average Bonchev–Trinajstić information content (AvgIpc) is 2.46. The van der Waals surface area contributed by atoms with Crippen LogP contribution in [-0.2, 0) is 12.8 Å². The molecule has 1 atom stereocenters. The summed E-state index contributed by atoms with van der Waals surface area (Å²) in [4.78, 5) is 0. The van der Waals surface area contributed by atoms with Gasteiger partial charge >= 0.3 is 0 Å². The minimum atomic E-state index is 0.269.